The zero-order chi connectivity index (χ0) is 10.8. The summed E-state index contributed by atoms with van der Waals surface area (Å²) in [5.41, 5.74) is 1.02. The second kappa shape index (κ2) is 4.06. The molecule has 0 saturated carbocycles. The topological polar surface area (TPSA) is 12.9 Å². The van der Waals surface area contributed by atoms with Crippen molar-refractivity contribution in [2.24, 2.45) is 0 Å². The Balaban J connectivity index is 2.54. The van der Waals surface area contributed by atoms with Crippen LogP contribution in [0.5, 0.6) is 0 Å². The maximum Gasteiger partial charge on any atom is 0.133 e. The van der Waals surface area contributed by atoms with Gasteiger partial charge >= 0.3 is 0 Å². The Labute approximate surface area is 93.9 Å². The van der Waals surface area contributed by atoms with Gasteiger partial charge in [0.25, 0.3) is 0 Å². The van der Waals surface area contributed by atoms with E-state index in [9.17, 15) is 8.78 Å². The smallest absolute Gasteiger partial charge is 0.133 e. The highest BCUT2D eigenvalue weighted by Crippen LogP contribution is 2.24. The standard InChI is InChI=1S/C11H6BrF2N/c12-11-5-7(3-4-15-11)9-2-1-8(13)6-10(9)14/h1-6H. The molecule has 2 aromatic rings. The number of pyridine rings is 1. The van der Waals surface area contributed by atoms with Crippen molar-refractivity contribution in [3.05, 3.63) is 52.8 Å². The Hall–Kier alpha value is -1.29. The van der Waals surface area contributed by atoms with Crippen LogP contribution >= 0.6 is 15.9 Å². The summed E-state index contributed by atoms with van der Waals surface area (Å²) < 4.78 is 26.7. The molecule has 1 heterocycles. The molecular formula is C11H6BrF2N. The molecule has 0 bridgehead atoms. The van der Waals surface area contributed by atoms with Gasteiger partial charge in [-0.3, -0.25) is 0 Å². The average molecular weight is 270 g/mol. The first kappa shape index (κ1) is 10.2. The lowest BCUT2D eigenvalue weighted by atomic mass is 10.1. The SMILES string of the molecule is Fc1ccc(-c2ccnc(Br)c2)c(F)c1. The summed E-state index contributed by atoms with van der Waals surface area (Å²) in [6.07, 6.45) is 1.56. The first-order valence-corrected chi connectivity index (χ1v) is 5.03. The number of rotatable bonds is 1. The molecule has 2 rings (SSSR count). The van der Waals surface area contributed by atoms with E-state index < -0.39 is 11.6 Å². The molecule has 1 nitrogen and oxygen atoms in total. The molecule has 0 amide bonds. The molecule has 15 heavy (non-hydrogen) atoms. The third kappa shape index (κ3) is 2.21. The highest BCUT2D eigenvalue weighted by molar-refractivity contribution is 9.10. The minimum Gasteiger partial charge on any atom is -0.249 e. The van der Waals surface area contributed by atoms with Gasteiger partial charge in [-0.1, -0.05) is 0 Å². The van der Waals surface area contributed by atoms with Crippen molar-refractivity contribution in [2.75, 3.05) is 0 Å². The highest BCUT2D eigenvalue weighted by Gasteiger charge is 2.06. The third-order valence-electron chi connectivity index (χ3n) is 1.97. The number of hydrogen-bond donors (Lipinski definition) is 0. The average Bonchev–Trinajstić information content (AvgIpc) is 2.17. The van der Waals surface area contributed by atoms with Gasteiger partial charge in [0.1, 0.15) is 16.2 Å². The van der Waals surface area contributed by atoms with Crippen LogP contribution in [0, 0.1) is 11.6 Å². The van der Waals surface area contributed by atoms with E-state index in [0.29, 0.717) is 15.7 Å². The summed E-state index contributed by atoms with van der Waals surface area (Å²) >= 11 is 3.19. The first-order valence-electron chi connectivity index (χ1n) is 4.24. The van der Waals surface area contributed by atoms with Crippen molar-refractivity contribution in [2.45, 2.75) is 0 Å². The predicted octanol–water partition coefficient (Wildman–Crippen LogP) is 3.79. The normalized spacial score (nSPS) is 10.3. The van der Waals surface area contributed by atoms with Gasteiger partial charge in [-0.25, -0.2) is 13.8 Å². The van der Waals surface area contributed by atoms with E-state index in [-0.39, 0.29) is 0 Å². The fourth-order valence-corrected chi connectivity index (χ4v) is 1.66. The van der Waals surface area contributed by atoms with Gasteiger partial charge in [0.2, 0.25) is 0 Å². The van der Waals surface area contributed by atoms with Crippen LogP contribution in [-0.2, 0) is 0 Å². The number of hydrogen-bond acceptors (Lipinski definition) is 1. The van der Waals surface area contributed by atoms with Gasteiger partial charge in [-0.2, -0.15) is 0 Å². The number of benzene rings is 1. The molecule has 1 aromatic carbocycles. The largest absolute Gasteiger partial charge is 0.249 e. The summed E-state index contributed by atoms with van der Waals surface area (Å²) in [4.78, 5) is 3.93. The molecular weight excluding hydrogens is 264 g/mol. The summed E-state index contributed by atoms with van der Waals surface area (Å²) in [7, 11) is 0. The minimum absolute atomic E-state index is 0.361. The van der Waals surface area contributed by atoms with E-state index in [0.717, 1.165) is 6.07 Å². The quantitative estimate of drug-likeness (QED) is 0.718. The van der Waals surface area contributed by atoms with Gasteiger partial charge in [0.15, 0.2) is 0 Å². The first-order chi connectivity index (χ1) is 7.16. The zero-order valence-electron chi connectivity index (χ0n) is 7.55. The van der Waals surface area contributed by atoms with Gasteiger partial charge in [-0.15, -0.1) is 0 Å². The number of nitrogens with zero attached hydrogens (tertiary/aromatic N) is 1. The van der Waals surface area contributed by atoms with Crippen LogP contribution in [0.1, 0.15) is 0 Å². The molecule has 0 radical (unpaired) electrons. The fraction of sp³-hybridized carbons (Fsp3) is 0. The van der Waals surface area contributed by atoms with Crippen LogP contribution in [0.4, 0.5) is 8.78 Å². The maximum absolute atomic E-state index is 13.4. The highest BCUT2D eigenvalue weighted by atomic mass is 79.9. The molecule has 4 heteroatoms. The lowest BCUT2D eigenvalue weighted by Gasteiger charge is -2.03. The Morgan fingerprint density at radius 1 is 1.07 bits per heavy atom. The van der Waals surface area contributed by atoms with Crippen molar-refractivity contribution in [3.8, 4) is 11.1 Å². The Kier molecular flexibility index (Phi) is 2.77. The molecule has 0 unspecified atom stereocenters. The van der Waals surface area contributed by atoms with E-state index >= 15 is 0 Å². The number of aromatic nitrogens is 1. The summed E-state index contributed by atoms with van der Waals surface area (Å²) in [5, 5.41) is 0. The van der Waals surface area contributed by atoms with E-state index in [4.69, 9.17) is 0 Å². The van der Waals surface area contributed by atoms with E-state index in [1.54, 1.807) is 18.3 Å². The lowest BCUT2D eigenvalue weighted by Crippen LogP contribution is -1.87. The van der Waals surface area contributed by atoms with Gasteiger partial charge in [0, 0.05) is 17.8 Å². The molecule has 0 fully saturated rings. The van der Waals surface area contributed by atoms with Crippen molar-refractivity contribution < 1.29 is 8.78 Å². The molecule has 1 aromatic heterocycles. The maximum atomic E-state index is 13.4. The zero-order valence-corrected chi connectivity index (χ0v) is 9.13. The van der Waals surface area contributed by atoms with Crippen molar-refractivity contribution in [1.29, 1.82) is 0 Å². The van der Waals surface area contributed by atoms with Crippen LogP contribution < -0.4 is 0 Å². The summed E-state index contributed by atoms with van der Waals surface area (Å²) in [5.74, 6) is -1.16. The number of halogens is 3. The van der Waals surface area contributed by atoms with Crippen LogP contribution in [0.2, 0.25) is 0 Å². The van der Waals surface area contributed by atoms with E-state index in [1.807, 2.05) is 0 Å². The van der Waals surface area contributed by atoms with Crippen LogP contribution in [-0.4, -0.2) is 4.98 Å². The monoisotopic (exact) mass is 269 g/mol. The van der Waals surface area contributed by atoms with E-state index in [1.165, 1.54) is 12.1 Å². The Morgan fingerprint density at radius 2 is 1.87 bits per heavy atom. The van der Waals surface area contributed by atoms with Crippen molar-refractivity contribution in [3.63, 3.8) is 0 Å². The molecule has 0 aliphatic rings. The molecule has 76 valence electrons. The van der Waals surface area contributed by atoms with Gasteiger partial charge in [-0.05, 0) is 45.8 Å². The molecule has 0 saturated heterocycles. The molecule has 0 aliphatic carbocycles. The molecule has 0 N–H and O–H groups in total. The second-order valence-corrected chi connectivity index (χ2v) is 3.80. The molecule has 0 atom stereocenters. The van der Waals surface area contributed by atoms with Crippen LogP contribution in [0.3, 0.4) is 0 Å². The van der Waals surface area contributed by atoms with E-state index in [2.05, 4.69) is 20.9 Å². The van der Waals surface area contributed by atoms with Crippen molar-refractivity contribution >= 4 is 15.9 Å². The van der Waals surface area contributed by atoms with Gasteiger partial charge in [0.05, 0.1) is 0 Å². The summed E-state index contributed by atoms with van der Waals surface area (Å²) in [6.45, 7) is 0. The minimum atomic E-state index is -0.579. The lowest BCUT2D eigenvalue weighted by molar-refractivity contribution is 0.585. The van der Waals surface area contributed by atoms with Crippen LogP contribution in [0.15, 0.2) is 41.1 Å². The molecule has 0 aliphatic heterocycles. The Morgan fingerprint density at radius 3 is 2.53 bits per heavy atom. The fourth-order valence-electron chi connectivity index (χ4n) is 1.29. The van der Waals surface area contributed by atoms with Crippen LogP contribution in [0.25, 0.3) is 11.1 Å². The van der Waals surface area contributed by atoms with Gasteiger partial charge < -0.3 is 0 Å². The van der Waals surface area contributed by atoms with Crippen molar-refractivity contribution in [1.82, 2.24) is 4.98 Å². The molecule has 0 spiro atoms. The third-order valence-corrected chi connectivity index (χ3v) is 2.40. The summed E-state index contributed by atoms with van der Waals surface area (Å²) in [6, 6.07) is 6.85. The predicted molar refractivity (Wildman–Crippen MR) is 57.3 cm³/mol. The second-order valence-electron chi connectivity index (χ2n) is 2.99. The Bertz CT molecular complexity index is 500.